The molecule has 0 spiro atoms. The Morgan fingerprint density at radius 2 is 1.90 bits per heavy atom. The molecule has 0 bridgehead atoms. The van der Waals surface area contributed by atoms with E-state index in [2.05, 4.69) is 26.7 Å². The molecular weight excluding hydrogens is 466 g/mol. The van der Waals surface area contributed by atoms with Crippen molar-refractivity contribution in [2.24, 2.45) is 0 Å². The average molecular weight is 483 g/mol. The number of methoxy groups -OCH3 is 1. The van der Waals surface area contributed by atoms with Gasteiger partial charge in [-0.25, -0.2) is 5.01 Å². The number of β-lactam (4-membered cyclic amide) rings is 1. The van der Waals surface area contributed by atoms with Crippen LogP contribution in [0.1, 0.15) is 28.9 Å². The highest BCUT2D eigenvalue weighted by Crippen LogP contribution is 2.43. The van der Waals surface area contributed by atoms with Crippen molar-refractivity contribution < 1.29 is 24.2 Å². The van der Waals surface area contributed by atoms with Crippen LogP contribution < -0.4 is 15.5 Å². The van der Waals surface area contributed by atoms with E-state index in [1.165, 1.54) is 26.2 Å². The third-order valence-electron chi connectivity index (χ3n) is 4.33. The second-order valence-corrected chi connectivity index (χ2v) is 7.63. The summed E-state index contributed by atoms with van der Waals surface area (Å²) in [6.45, 7) is 1.38. The quantitative estimate of drug-likeness (QED) is 0.449. The van der Waals surface area contributed by atoms with Gasteiger partial charge in [-0.1, -0.05) is 0 Å². The Labute approximate surface area is 179 Å². The largest absolute Gasteiger partial charge is 0.503 e. The van der Waals surface area contributed by atoms with E-state index in [0.29, 0.717) is 21.3 Å². The molecule has 29 heavy (non-hydrogen) atoms. The molecule has 1 fully saturated rings. The molecule has 1 aliphatic rings. The summed E-state index contributed by atoms with van der Waals surface area (Å²) in [5.74, 6) is -1.06. The maximum Gasteiger partial charge on any atom is 0.269 e. The third-order valence-corrected chi connectivity index (χ3v) is 5.36. The predicted molar refractivity (Wildman–Crippen MR) is 110 cm³/mol. The van der Waals surface area contributed by atoms with Crippen molar-refractivity contribution in [3.63, 3.8) is 0 Å². The van der Waals surface area contributed by atoms with Crippen LogP contribution in [0.25, 0.3) is 0 Å². The number of rotatable bonds is 5. The molecule has 3 rings (SSSR count). The SMILES string of the molecule is COc1cc([C@H]2[C@H](Cl)C(=O)N2NC(=O)c2ccc(NC(C)=O)cc2)cc(Br)c1O. The molecule has 8 nitrogen and oxygen atoms in total. The van der Waals surface area contributed by atoms with Gasteiger partial charge in [-0.05, 0) is 57.9 Å². The summed E-state index contributed by atoms with van der Waals surface area (Å²) in [5.41, 5.74) is 3.97. The van der Waals surface area contributed by atoms with E-state index in [1.54, 1.807) is 24.3 Å². The topological polar surface area (TPSA) is 108 Å². The van der Waals surface area contributed by atoms with Crippen molar-refractivity contribution in [3.05, 3.63) is 52.0 Å². The Bertz CT molecular complexity index is 983. The van der Waals surface area contributed by atoms with E-state index < -0.39 is 23.2 Å². The second-order valence-electron chi connectivity index (χ2n) is 6.31. The number of alkyl halides is 1. The number of hydrogen-bond donors (Lipinski definition) is 3. The molecule has 10 heteroatoms. The van der Waals surface area contributed by atoms with Crippen molar-refractivity contribution in [2.45, 2.75) is 18.3 Å². The van der Waals surface area contributed by atoms with E-state index in [9.17, 15) is 19.5 Å². The van der Waals surface area contributed by atoms with Gasteiger partial charge >= 0.3 is 0 Å². The lowest BCUT2D eigenvalue weighted by molar-refractivity contribution is -0.149. The number of aromatic hydroxyl groups is 1. The lowest BCUT2D eigenvalue weighted by Gasteiger charge is -2.44. The standard InChI is InChI=1S/C19H17BrClN3O5/c1-9(25)22-12-5-3-10(4-6-12)18(27)23-24-16(15(21)19(24)28)11-7-13(20)17(26)14(8-11)29-2/h3-8,15-16,26H,1-2H3,(H,22,25)(H,23,27)/t15-,16-/m0/s1. The van der Waals surface area contributed by atoms with Crippen LogP contribution in [0.15, 0.2) is 40.9 Å². The molecule has 2 aromatic rings. The highest BCUT2D eigenvalue weighted by Gasteiger charge is 2.48. The maximum atomic E-state index is 12.5. The third kappa shape index (κ3) is 4.15. The van der Waals surface area contributed by atoms with E-state index >= 15 is 0 Å². The summed E-state index contributed by atoms with van der Waals surface area (Å²) in [5, 5.41) is 12.8. The van der Waals surface area contributed by atoms with Crippen LogP contribution in [0.3, 0.4) is 0 Å². The Balaban J connectivity index is 1.79. The molecule has 1 heterocycles. The van der Waals surface area contributed by atoms with Crippen LogP contribution in [-0.2, 0) is 9.59 Å². The minimum atomic E-state index is -0.876. The Hall–Kier alpha value is -2.78. The molecule has 2 aromatic carbocycles. The summed E-state index contributed by atoms with van der Waals surface area (Å²) in [6.07, 6.45) is 0. The van der Waals surface area contributed by atoms with Crippen molar-refractivity contribution in [2.75, 3.05) is 12.4 Å². The minimum Gasteiger partial charge on any atom is -0.503 e. The van der Waals surface area contributed by atoms with Gasteiger partial charge in [0, 0.05) is 18.2 Å². The Morgan fingerprint density at radius 1 is 1.24 bits per heavy atom. The number of anilines is 1. The van der Waals surface area contributed by atoms with Crippen LogP contribution in [0.4, 0.5) is 5.69 Å². The van der Waals surface area contributed by atoms with E-state index in [4.69, 9.17) is 16.3 Å². The number of nitrogens with zero attached hydrogens (tertiary/aromatic N) is 1. The number of phenols is 1. The molecule has 0 aromatic heterocycles. The van der Waals surface area contributed by atoms with Crippen molar-refractivity contribution in [1.82, 2.24) is 10.4 Å². The van der Waals surface area contributed by atoms with Crippen LogP contribution in [0, 0.1) is 0 Å². The number of hydrazine groups is 1. The van der Waals surface area contributed by atoms with Crippen LogP contribution in [0.2, 0.25) is 0 Å². The number of nitrogens with one attached hydrogen (secondary N) is 2. The van der Waals surface area contributed by atoms with Crippen molar-refractivity contribution in [1.29, 1.82) is 0 Å². The number of halogens is 2. The smallest absolute Gasteiger partial charge is 0.269 e. The number of amides is 3. The van der Waals surface area contributed by atoms with Gasteiger partial charge in [0.15, 0.2) is 11.5 Å². The summed E-state index contributed by atoms with van der Waals surface area (Å²) in [6, 6.07) is 8.73. The number of ether oxygens (including phenoxy) is 1. The van der Waals surface area contributed by atoms with Crippen molar-refractivity contribution in [3.8, 4) is 11.5 Å². The normalized spacial score (nSPS) is 18.1. The average Bonchev–Trinajstić information content (AvgIpc) is 2.69. The molecule has 1 aliphatic heterocycles. The highest BCUT2D eigenvalue weighted by atomic mass is 79.9. The highest BCUT2D eigenvalue weighted by molar-refractivity contribution is 9.10. The zero-order chi connectivity index (χ0) is 21.3. The molecule has 3 amide bonds. The summed E-state index contributed by atoms with van der Waals surface area (Å²) < 4.78 is 5.50. The first kappa shape index (κ1) is 20.9. The van der Waals surface area contributed by atoms with E-state index in [-0.39, 0.29) is 17.4 Å². The van der Waals surface area contributed by atoms with E-state index in [0.717, 1.165) is 5.01 Å². The van der Waals surface area contributed by atoms with Gasteiger partial charge in [0.2, 0.25) is 5.91 Å². The summed E-state index contributed by atoms with van der Waals surface area (Å²) >= 11 is 9.41. The fourth-order valence-electron chi connectivity index (χ4n) is 2.90. The number of hydrogen-bond acceptors (Lipinski definition) is 5. The minimum absolute atomic E-state index is 0.0807. The van der Waals surface area contributed by atoms with Gasteiger partial charge in [0.25, 0.3) is 11.8 Å². The van der Waals surface area contributed by atoms with Crippen molar-refractivity contribution >= 4 is 50.9 Å². The molecule has 0 aliphatic carbocycles. The maximum absolute atomic E-state index is 12.5. The monoisotopic (exact) mass is 481 g/mol. The number of phenolic OH excluding ortho intramolecular Hbond substituents is 1. The summed E-state index contributed by atoms with van der Waals surface area (Å²) in [7, 11) is 1.40. The predicted octanol–water partition coefficient (Wildman–Crippen LogP) is 2.96. The fourth-order valence-corrected chi connectivity index (χ4v) is 3.72. The van der Waals surface area contributed by atoms with Crippen LogP contribution in [-0.4, -0.2) is 40.3 Å². The van der Waals surface area contributed by atoms with Crippen LogP contribution >= 0.6 is 27.5 Å². The molecule has 0 radical (unpaired) electrons. The lowest BCUT2D eigenvalue weighted by Crippen LogP contribution is -2.63. The van der Waals surface area contributed by atoms with Gasteiger partial charge in [-0.2, -0.15) is 0 Å². The number of carbonyl (C=O) groups is 3. The fraction of sp³-hybridized carbons (Fsp3) is 0.211. The first-order valence-electron chi connectivity index (χ1n) is 8.45. The molecule has 0 saturated carbocycles. The van der Waals surface area contributed by atoms with Gasteiger partial charge in [-0.15, -0.1) is 11.6 Å². The van der Waals surface area contributed by atoms with Gasteiger partial charge in [0.1, 0.15) is 11.4 Å². The number of benzene rings is 2. The molecule has 1 saturated heterocycles. The Morgan fingerprint density at radius 3 is 2.48 bits per heavy atom. The van der Waals surface area contributed by atoms with E-state index in [1.807, 2.05) is 0 Å². The van der Waals surface area contributed by atoms with Crippen LogP contribution in [0.5, 0.6) is 11.5 Å². The molecule has 0 unspecified atom stereocenters. The van der Waals surface area contributed by atoms with Gasteiger partial charge < -0.3 is 15.2 Å². The molecule has 3 N–H and O–H groups in total. The van der Waals surface area contributed by atoms with Gasteiger partial charge in [0.05, 0.1) is 11.6 Å². The lowest BCUT2D eigenvalue weighted by atomic mass is 9.95. The first-order chi connectivity index (χ1) is 13.7. The first-order valence-corrected chi connectivity index (χ1v) is 9.68. The van der Waals surface area contributed by atoms with Gasteiger partial charge in [-0.3, -0.25) is 19.8 Å². The molecular formula is C19H17BrClN3O5. The number of carbonyl (C=O) groups excluding carboxylic acids is 3. The summed E-state index contributed by atoms with van der Waals surface area (Å²) in [4.78, 5) is 35.9. The zero-order valence-corrected chi connectivity index (χ0v) is 17.7. The second kappa shape index (κ2) is 8.30. The molecule has 2 atom stereocenters. The Kier molecular flexibility index (Phi) is 5.99. The molecule has 152 valence electrons. The zero-order valence-electron chi connectivity index (χ0n) is 15.4.